The van der Waals surface area contributed by atoms with Crippen LogP contribution in [0.25, 0.3) is 94.4 Å². The summed E-state index contributed by atoms with van der Waals surface area (Å²) in [7, 11) is 0. The van der Waals surface area contributed by atoms with Gasteiger partial charge in [0, 0.05) is 55.6 Å². The minimum absolute atomic E-state index is 0. The molecule has 7 aromatic carbocycles. The van der Waals surface area contributed by atoms with Gasteiger partial charge in [0.15, 0.2) is 0 Å². The number of nitrogens with zero attached hydrogens (tertiary/aromatic N) is 4. The minimum atomic E-state index is -0.147. The molecule has 10 rings (SSSR count). The van der Waals surface area contributed by atoms with E-state index in [9.17, 15) is 5.11 Å². The van der Waals surface area contributed by atoms with Crippen LogP contribution in [0.5, 0.6) is 5.75 Å². The SMILES string of the molecule is CC(C)(C)c1ccc(-n2c(-c3cc(C(C)(C)C)ccc3O)nc3c(-c4[c-]c(-c5cccc6c(-c7ccccn7)ccnc56)ccc4)cc(-c4ccc5ccccc5c4)cc32)cc1.[Pt]. The summed E-state index contributed by atoms with van der Waals surface area (Å²) >= 11 is 0. The van der Waals surface area contributed by atoms with Crippen molar-refractivity contribution in [2.75, 3.05) is 0 Å². The van der Waals surface area contributed by atoms with Crippen molar-refractivity contribution in [3.05, 3.63) is 187 Å². The zero-order valence-corrected chi connectivity index (χ0v) is 38.5. The van der Waals surface area contributed by atoms with E-state index < -0.39 is 0 Å². The number of pyridine rings is 2. The molecule has 312 valence electrons. The number of benzene rings is 7. The first-order valence-corrected chi connectivity index (χ1v) is 21.2. The van der Waals surface area contributed by atoms with Gasteiger partial charge in [-0.3, -0.25) is 14.5 Å². The van der Waals surface area contributed by atoms with Gasteiger partial charge in [-0.25, -0.2) is 4.98 Å². The van der Waals surface area contributed by atoms with Crippen molar-refractivity contribution in [2.24, 2.45) is 0 Å². The molecule has 3 aromatic heterocycles. The largest absolute Gasteiger partial charge is 0.507 e. The molecule has 0 aliphatic heterocycles. The zero-order chi connectivity index (χ0) is 42.8. The Morgan fingerprint density at radius 2 is 1.22 bits per heavy atom. The fourth-order valence-electron chi connectivity index (χ4n) is 8.57. The first kappa shape index (κ1) is 41.7. The molecule has 0 atom stereocenters. The predicted molar refractivity (Wildman–Crippen MR) is 257 cm³/mol. The van der Waals surface area contributed by atoms with Crippen molar-refractivity contribution in [2.45, 2.75) is 52.4 Å². The van der Waals surface area contributed by atoms with Gasteiger partial charge in [-0.05, 0) is 98.5 Å². The van der Waals surface area contributed by atoms with Gasteiger partial charge in [-0.1, -0.05) is 138 Å². The monoisotopic (exact) mass is 998 g/mol. The average molecular weight is 999 g/mol. The number of imidazole rings is 1. The smallest absolute Gasteiger partial charge is 0.148 e. The van der Waals surface area contributed by atoms with Crippen molar-refractivity contribution in [1.29, 1.82) is 0 Å². The number of aromatic hydroxyl groups is 1. The summed E-state index contributed by atoms with van der Waals surface area (Å²) in [4.78, 5) is 15.1. The van der Waals surface area contributed by atoms with Crippen molar-refractivity contribution in [3.63, 3.8) is 0 Å². The Balaban J connectivity index is 0.00000504. The summed E-state index contributed by atoms with van der Waals surface area (Å²) in [5.74, 6) is 0.847. The van der Waals surface area contributed by atoms with Crippen molar-refractivity contribution in [3.8, 4) is 67.5 Å². The van der Waals surface area contributed by atoms with E-state index in [1.807, 2.05) is 42.7 Å². The molecule has 0 amide bonds. The molecule has 0 bridgehead atoms. The van der Waals surface area contributed by atoms with Crippen molar-refractivity contribution < 1.29 is 26.2 Å². The summed E-state index contributed by atoms with van der Waals surface area (Å²) in [6.45, 7) is 13.3. The fourth-order valence-corrected chi connectivity index (χ4v) is 8.57. The number of phenolic OH excluding ortho intramolecular Hbond substituents is 1. The molecule has 63 heavy (non-hydrogen) atoms. The Kier molecular flexibility index (Phi) is 10.7. The average Bonchev–Trinajstić information content (AvgIpc) is 3.67. The van der Waals surface area contributed by atoms with Crippen LogP contribution >= 0.6 is 0 Å². The maximum Gasteiger partial charge on any atom is 0.148 e. The number of fused-ring (bicyclic) bond motifs is 3. The molecule has 0 aliphatic carbocycles. The second-order valence-corrected chi connectivity index (χ2v) is 18.3. The van der Waals surface area contributed by atoms with E-state index in [2.05, 4.69) is 178 Å². The molecule has 0 spiro atoms. The maximum absolute atomic E-state index is 11.7. The van der Waals surface area contributed by atoms with E-state index in [0.717, 1.165) is 77.8 Å². The molecular weight excluding hydrogens is 952 g/mol. The van der Waals surface area contributed by atoms with E-state index in [-0.39, 0.29) is 37.6 Å². The van der Waals surface area contributed by atoms with Crippen LogP contribution in [0.4, 0.5) is 0 Å². The van der Waals surface area contributed by atoms with Crippen LogP contribution in [0.1, 0.15) is 52.7 Å². The first-order valence-electron chi connectivity index (χ1n) is 21.2. The van der Waals surface area contributed by atoms with Crippen LogP contribution in [0.3, 0.4) is 0 Å². The predicted octanol–water partition coefficient (Wildman–Crippen LogP) is 14.6. The van der Waals surface area contributed by atoms with Crippen molar-refractivity contribution >= 4 is 32.7 Å². The van der Waals surface area contributed by atoms with Gasteiger partial charge < -0.3 is 5.11 Å². The quantitative estimate of drug-likeness (QED) is 0.169. The summed E-state index contributed by atoms with van der Waals surface area (Å²) in [5, 5.41) is 15.1. The summed E-state index contributed by atoms with van der Waals surface area (Å²) in [6, 6.07) is 58.8. The van der Waals surface area contributed by atoms with Crippen LogP contribution in [-0.2, 0) is 31.9 Å². The molecule has 0 saturated carbocycles. The van der Waals surface area contributed by atoms with Crippen LogP contribution < -0.4 is 0 Å². The molecule has 1 N–H and O–H groups in total. The Morgan fingerprint density at radius 1 is 0.508 bits per heavy atom. The van der Waals surface area contributed by atoms with Crippen LogP contribution in [0, 0.1) is 6.07 Å². The van der Waals surface area contributed by atoms with E-state index in [4.69, 9.17) is 9.97 Å². The second-order valence-electron chi connectivity index (χ2n) is 18.3. The third-order valence-corrected chi connectivity index (χ3v) is 12.0. The molecule has 3 heterocycles. The number of hydrogen-bond acceptors (Lipinski definition) is 4. The summed E-state index contributed by atoms with van der Waals surface area (Å²) in [5.41, 5.74) is 14.3. The van der Waals surface area contributed by atoms with Gasteiger partial charge in [0.25, 0.3) is 0 Å². The van der Waals surface area contributed by atoms with Gasteiger partial charge >= 0.3 is 0 Å². The minimum Gasteiger partial charge on any atom is -0.507 e. The molecule has 0 fully saturated rings. The van der Waals surface area contributed by atoms with Gasteiger partial charge in [-0.2, -0.15) is 0 Å². The zero-order valence-electron chi connectivity index (χ0n) is 36.2. The molecule has 5 nitrogen and oxygen atoms in total. The standard InChI is InChI=1S/C57H47N4O.Pt/c1-56(2,3)42-22-25-44(26-23-42)61-51-34-41(38-21-20-36-13-7-8-14-37(36)31-38)33-48(54(51)60-55(61)49-35-43(57(4,5)6)24-27-52(49)62)40-16-11-15-39(32-40)45-17-12-18-47-46(28-30-59-53(45)47)50-19-9-10-29-58-50;/h7-31,33-35,62H,1-6H3;/q-1;. The molecule has 6 heteroatoms. The number of phenols is 1. The van der Waals surface area contributed by atoms with E-state index in [0.29, 0.717) is 11.4 Å². The Morgan fingerprint density at radius 3 is 1.97 bits per heavy atom. The third kappa shape index (κ3) is 7.76. The molecular formula is C57H47N4OPt-. The van der Waals surface area contributed by atoms with Crippen LogP contribution in [0.2, 0.25) is 0 Å². The van der Waals surface area contributed by atoms with Crippen LogP contribution in [0.15, 0.2) is 170 Å². The van der Waals surface area contributed by atoms with E-state index >= 15 is 0 Å². The molecule has 10 aromatic rings. The molecule has 0 saturated heterocycles. The molecule has 0 aliphatic rings. The number of para-hydroxylation sites is 1. The van der Waals surface area contributed by atoms with E-state index in [1.165, 1.54) is 16.3 Å². The maximum atomic E-state index is 11.7. The summed E-state index contributed by atoms with van der Waals surface area (Å²) in [6.07, 6.45) is 3.69. The Bertz CT molecular complexity index is 3320. The topological polar surface area (TPSA) is 63.8 Å². The summed E-state index contributed by atoms with van der Waals surface area (Å²) < 4.78 is 2.22. The van der Waals surface area contributed by atoms with Crippen molar-refractivity contribution in [1.82, 2.24) is 19.5 Å². The fraction of sp³-hybridized carbons (Fsp3) is 0.140. The first-order chi connectivity index (χ1) is 29.9. The molecule has 0 unspecified atom stereocenters. The third-order valence-electron chi connectivity index (χ3n) is 12.0. The van der Waals surface area contributed by atoms with Crippen LogP contribution in [-0.4, -0.2) is 24.6 Å². The normalized spacial score (nSPS) is 11.9. The molecule has 0 radical (unpaired) electrons. The second kappa shape index (κ2) is 16.2. The number of rotatable bonds is 6. The number of aromatic nitrogens is 4. The van der Waals surface area contributed by atoms with Gasteiger partial charge in [-0.15, -0.1) is 35.4 Å². The van der Waals surface area contributed by atoms with Gasteiger partial charge in [0.1, 0.15) is 11.6 Å². The number of hydrogen-bond donors (Lipinski definition) is 1. The van der Waals surface area contributed by atoms with Gasteiger partial charge in [0.2, 0.25) is 0 Å². The van der Waals surface area contributed by atoms with E-state index in [1.54, 1.807) is 6.07 Å². The Labute approximate surface area is 383 Å². The van der Waals surface area contributed by atoms with Gasteiger partial charge in [0.05, 0.1) is 22.3 Å². The Hall–Kier alpha value is -6.68.